The van der Waals surface area contributed by atoms with Crippen LogP contribution in [0.5, 0.6) is 0 Å². The molecule has 1 atom stereocenters. The van der Waals surface area contributed by atoms with Gasteiger partial charge in [0.25, 0.3) is 10.0 Å². The number of carboxylic acid groups (broad SMARTS) is 1. The molecule has 1 aromatic heterocycles. The zero-order chi connectivity index (χ0) is 14.6. The number of nitrogens with two attached hydrogens (primary N) is 1. The van der Waals surface area contributed by atoms with E-state index in [2.05, 4.69) is 4.98 Å². The summed E-state index contributed by atoms with van der Waals surface area (Å²) in [5, 5.41) is 8.51. The summed E-state index contributed by atoms with van der Waals surface area (Å²) < 4.78 is 27.1. The van der Waals surface area contributed by atoms with Crippen molar-refractivity contribution in [1.82, 2.24) is 14.3 Å². The van der Waals surface area contributed by atoms with Crippen molar-refractivity contribution in [1.29, 1.82) is 0 Å². The van der Waals surface area contributed by atoms with Crippen LogP contribution in [0.4, 0.5) is 0 Å². The van der Waals surface area contributed by atoms with Crippen LogP contribution in [-0.4, -0.2) is 41.0 Å². The maximum atomic E-state index is 11.9. The summed E-state index contributed by atoms with van der Waals surface area (Å²) in [6.45, 7) is 2.31. The summed E-state index contributed by atoms with van der Waals surface area (Å²) in [7, 11) is -4.11. The molecule has 0 unspecified atom stereocenters. The first-order chi connectivity index (χ1) is 8.76. The largest absolute Gasteiger partial charge is 0.480 e. The standard InChI is InChI=1S/C9H14N4O5S/c1-2-13-4-8(11-5-13)19(17,18)12-6(9(15)16)3-7(10)14/h4-6,12H,2-3H2,1H3,(H2,10,14)(H,15,16)/t6-/m1/s1. The second kappa shape index (κ2) is 5.80. The first kappa shape index (κ1) is 15.1. The Balaban J connectivity index is 2.93. The Morgan fingerprint density at radius 1 is 1.58 bits per heavy atom. The predicted octanol–water partition coefficient (Wildman–Crippen LogP) is -1.49. The third-order valence-corrected chi connectivity index (χ3v) is 3.61. The van der Waals surface area contributed by atoms with Gasteiger partial charge in [-0.3, -0.25) is 9.59 Å². The number of carboxylic acids is 1. The van der Waals surface area contributed by atoms with Crippen LogP contribution < -0.4 is 10.5 Å². The summed E-state index contributed by atoms with van der Waals surface area (Å²) >= 11 is 0. The van der Waals surface area contributed by atoms with Gasteiger partial charge in [-0.25, -0.2) is 13.4 Å². The van der Waals surface area contributed by atoms with Gasteiger partial charge in [-0.1, -0.05) is 0 Å². The summed E-state index contributed by atoms with van der Waals surface area (Å²) in [4.78, 5) is 25.2. The molecule has 0 aliphatic carbocycles. The van der Waals surface area contributed by atoms with Crippen LogP contribution in [-0.2, 0) is 26.2 Å². The molecule has 19 heavy (non-hydrogen) atoms. The minimum atomic E-state index is -4.11. The SMILES string of the molecule is CCn1cnc(S(=O)(=O)N[C@H](CC(N)=O)C(=O)O)c1. The van der Waals surface area contributed by atoms with Gasteiger partial charge in [-0.15, -0.1) is 0 Å². The maximum Gasteiger partial charge on any atom is 0.322 e. The highest BCUT2D eigenvalue weighted by atomic mass is 32.2. The minimum absolute atomic E-state index is 0.315. The highest BCUT2D eigenvalue weighted by molar-refractivity contribution is 7.89. The van der Waals surface area contributed by atoms with E-state index in [1.54, 1.807) is 6.92 Å². The van der Waals surface area contributed by atoms with E-state index in [1.165, 1.54) is 17.1 Å². The van der Waals surface area contributed by atoms with E-state index in [-0.39, 0.29) is 5.03 Å². The van der Waals surface area contributed by atoms with Crippen molar-refractivity contribution in [3.63, 3.8) is 0 Å². The molecule has 0 aliphatic heterocycles. The van der Waals surface area contributed by atoms with E-state index >= 15 is 0 Å². The first-order valence-corrected chi connectivity index (χ1v) is 6.79. The smallest absolute Gasteiger partial charge is 0.322 e. The van der Waals surface area contributed by atoms with E-state index in [1.807, 2.05) is 4.72 Å². The van der Waals surface area contributed by atoms with Crippen molar-refractivity contribution in [2.45, 2.75) is 31.0 Å². The van der Waals surface area contributed by atoms with E-state index < -0.39 is 34.4 Å². The van der Waals surface area contributed by atoms with Gasteiger partial charge in [-0.2, -0.15) is 4.72 Å². The number of amides is 1. The van der Waals surface area contributed by atoms with E-state index in [4.69, 9.17) is 10.8 Å². The fraction of sp³-hybridized carbons (Fsp3) is 0.444. The first-order valence-electron chi connectivity index (χ1n) is 5.31. The Bertz CT molecular complexity index is 579. The number of aromatic nitrogens is 2. The highest BCUT2D eigenvalue weighted by Crippen LogP contribution is 2.07. The minimum Gasteiger partial charge on any atom is -0.480 e. The van der Waals surface area contributed by atoms with Crippen molar-refractivity contribution < 1.29 is 23.1 Å². The van der Waals surface area contributed by atoms with E-state index in [9.17, 15) is 18.0 Å². The van der Waals surface area contributed by atoms with E-state index in [0.717, 1.165) is 0 Å². The Labute approximate surface area is 109 Å². The average Bonchev–Trinajstić information content (AvgIpc) is 2.76. The van der Waals surface area contributed by atoms with Gasteiger partial charge < -0.3 is 15.4 Å². The van der Waals surface area contributed by atoms with Crippen LogP contribution >= 0.6 is 0 Å². The van der Waals surface area contributed by atoms with E-state index in [0.29, 0.717) is 6.54 Å². The van der Waals surface area contributed by atoms with Crippen LogP contribution in [0.2, 0.25) is 0 Å². The van der Waals surface area contributed by atoms with Crippen LogP contribution in [0.3, 0.4) is 0 Å². The number of sulfonamides is 1. The predicted molar refractivity (Wildman–Crippen MR) is 63.5 cm³/mol. The lowest BCUT2D eigenvalue weighted by Gasteiger charge is -2.11. The van der Waals surface area contributed by atoms with Crippen LogP contribution in [0.1, 0.15) is 13.3 Å². The number of primary amides is 1. The molecule has 1 aromatic rings. The molecule has 0 spiro atoms. The number of hydrogen-bond acceptors (Lipinski definition) is 5. The van der Waals surface area contributed by atoms with Gasteiger partial charge in [0.2, 0.25) is 5.91 Å². The van der Waals surface area contributed by atoms with Gasteiger partial charge in [-0.05, 0) is 6.92 Å². The molecule has 1 rings (SSSR count). The fourth-order valence-electron chi connectivity index (χ4n) is 1.28. The van der Waals surface area contributed by atoms with Gasteiger partial charge >= 0.3 is 5.97 Å². The molecule has 0 saturated carbocycles. The third-order valence-electron chi connectivity index (χ3n) is 2.25. The van der Waals surface area contributed by atoms with Crippen LogP contribution in [0.15, 0.2) is 17.6 Å². The second-order valence-electron chi connectivity index (χ2n) is 3.72. The van der Waals surface area contributed by atoms with Crippen LogP contribution in [0.25, 0.3) is 0 Å². The second-order valence-corrected chi connectivity index (χ2v) is 5.39. The van der Waals surface area contributed by atoms with Gasteiger partial charge in [0.05, 0.1) is 12.7 Å². The molecule has 1 heterocycles. The number of imidazole rings is 1. The number of nitrogens with one attached hydrogen (secondary N) is 1. The number of carbonyl (C=O) groups excluding carboxylic acids is 1. The van der Waals surface area contributed by atoms with Gasteiger partial charge in [0.15, 0.2) is 5.03 Å². The zero-order valence-electron chi connectivity index (χ0n) is 10.1. The lowest BCUT2D eigenvalue weighted by Crippen LogP contribution is -2.43. The molecule has 0 radical (unpaired) electrons. The molecule has 4 N–H and O–H groups in total. The monoisotopic (exact) mass is 290 g/mol. The maximum absolute atomic E-state index is 11.9. The number of rotatable bonds is 7. The topological polar surface area (TPSA) is 144 Å². The van der Waals surface area contributed by atoms with Crippen molar-refractivity contribution in [3.8, 4) is 0 Å². The molecule has 0 bridgehead atoms. The molecular weight excluding hydrogens is 276 g/mol. The molecule has 0 aliphatic rings. The molecule has 0 fully saturated rings. The Morgan fingerprint density at radius 3 is 2.63 bits per heavy atom. The summed E-state index contributed by atoms with van der Waals surface area (Å²) in [5.74, 6) is -2.41. The molecule has 9 nitrogen and oxygen atoms in total. The Kier molecular flexibility index (Phi) is 4.62. The fourth-order valence-corrected chi connectivity index (χ4v) is 2.42. The summed E-state index contributed by atoms with van der Waals surface area (Å²) in [6, 6.07) is -1.62. The summed E-state index contributed by atoms with van der Waals surface area (Å²) in [5.41, 5.74) is 4.86. The number of nitrogens with zero attached hydrogens (tertiary/aromatic N) is 2. The number of aryl methyl sites for hydroxylation is 1. The molecule has 106 valence electrons. The average molecular weight is 290 g/mol. The Morgan fingerprint density at radius 2 is 2.21 bits per heavy atom. The highest BCUT2D eigenvalue weighted by Gasteiger charge is 2.28. The van der Waals surface area contributed by atoms with Crippen molar-refractivity contribution >= 4 is 21.9 Å². The molecular formula is C9H14N4O5S. The summed E-state index contributed by atoms with van der Waals surface area (Å²) in [6.07, 6.45) is 1.92. The van der Waals surface area contributed by atoms with Crippen LogP contribution in [0, 0.1) is 0 Å². The van der Waals surface area contributed by atoms with Gasteiger partial charge in [0, 0.05) is 12.7 Å². The zero-order valence-corrected chi connectivity index (χ0v) is 10.9. The lowest BCUT2D eigenvalue weighted by atomic mass is 10.2. The van der Waals surface area contributed by atoms with Gasteiger partial charge in [0.1, 0.15) is 6.04 Å². The third kappa shape index (κ3) is 4.03. The number of aliphatic carboxylic acids is 1. The quantitative estimate of drug-likeness (QED) is 0.558. The van der Waals surface area contributed by atoms with Crippen molar-refractivity contribution in [2.24, 2.45) is 5.73 Å². The number of hydrogen-bond donors (Lipinski definition) is 3. The molecule has 10 heteroatoms. The lowest BCUT2D eigenvalue weighted by molar-refractivity contribution is -0.140. The molecule has 1 amide bonds. The Hall–Kier alpha value is -1.94. The van der Waals surface area contributed by atoms with Crippen molar-refractivity contribution in [3.05, 3.63) is 12.5 Å². The number of carbonyl (C=O) groups is 2. The van der Waals surface area contributed by atoms with Crippen molar-refractivity contribution in [2.75, 3.05) is 0 Å². The molecule has 0 aromatic carbocycles. The molecule has 0 saturated heterocycles. The normalized spacial score (nSPS) is 13.1.